The number of nitrogens with one attached hydrogen (secondary N) is 1. The topological polar surface area (TPSA) is 41.5 Å². The molecule has 0 spiro atoms. The highest BCUT2D eigenvalue weighted by Gasteiger charge is 2.10. The maximum Gasteiger partial charge on any atom is 0.165 e. The summed E-state index contributed by atoms with van der Waals surface area (Å²) in [5.41, 5.74) is 0. The predicted molar refractivity (Wildman–Crippen MR) is 65.6 cm³/mol. The monoisotopic (exact) mass is 259 g/mol. The third-order valence-electron chi connectivity index (χ3n) is 2.49. The molecule has 0 bridgehead atoms. The predicted octanol–water partition coefficient (Wildman–Crippen LogP) is 2.09. The number of hydrogen-bond acceptors (Lipinski definition) is 3. The summed E-state index contributed by atoms with van der Waals surface area (Å²) in [7, 11) is 0. The summed E-state index contributed by atoms with van der Waals surface area (Å²) in [6, 6.07) is 3.02. The van der Waals surface area contributed by atoms with Crippen molar-refractivity contribution in [3.63, 3.8) is 0 Å². The first-order chi connectivity index (χ1) is 8.67. The summed E-state index contributed by atoms with van der Waals surface area (Å²) in [5, 5.41) is 12.1. The Bertz CT molecular complexity index is 361. The standard InChI is InChI=1S/C13H19F2NO2/c1-2-6-16-11(5-7-17)9-18-13-8-10(14)3-4-12(13)15/h3-4,8,11,16-17H,2,5-7,9H2,1H3. The van der Waals surface area contributed by atoms with Crippen LogP contribution in [-0.2, 0) is 0 Å². The molecule has 0 heterocycles. The van der Waals surface area contributed by atoms with Gasteiger partial charge in [0.2, 0.25) is 0 Å². The molecule has 0 fully saturated rings. The molecule has 0 aliphatic heterocycles. The van der Waals surface area contributed by atoms with Crippen LogP contribution in [0.3, 0.4) is 0 Å². The molecule has 0 amide bonds. The normalized spacial score (nSPS) is 12.4. The number of rotatable bonds is 8. The van der Waals surface area contributed by atoms with Gasteiger partial charge >= 0.3 is 0 Å². The lowest BCUT2D eigenvalue weighted by atomic mass is 10.2. The van der Waals surface area contributed by atoms with Crippen molar-refractivity contribution in [3.8, 4) is 5.75 Å². The van der Waals surface area contributed by atoms with Crippen LogP contribution >= 0.6 is 0 Å². The largest absolute Gasteiger partial charge is 0.489 e. The van der Waals surface area contributed by atoms with E-state index in [4.69, 9.17) is 9.84 Å². The van der Waals surface area contributed by atoms with Gasteiger partial charge in [0.25, 0.3) is 0 Å². The molecule has 0 saturated heterocycles. The summed E-state index contributed by atoms with van der Waals surface area (Å²) in [6.07, 6.45) is 1.47. The molecule has 3 nitrogen and oxygen atoms in total. The second-order valence-corrected chi connectivity index (χ2v) is 4.05. The first-order valence-corrected chi connectivity index (χ1v) is 6.09. The van der Waals surface area contributed by atoms with E-state index < -0.39 is 11.6 Å². The third-order valence-corrected chi connectivity index (χ3v) is 2.49. The van der Waals surface area contributed by atoms with Crippen molar-refractivity contribution in [2.45, 2.75) is 25.8 Å². The number of aliphatic hydroxyl groups is 1. The Morgan fingerprint density at radius 1 is 1.39 bits per heavy atom. The van der Waals surface area contributed by atoms with E-state index in [2.05, 4.69) is 5.32 Å². The summed E-state index contributed by atoms with van der Waals surface area (Å²) < 4.78 is 31.5. The van der Waals surface area contributed by atoms with E-state index in [-0.39, 0.29) is 25.0 Å². The minimum Gasteiger partial charge on any atom is -0.489 e. The smallest absolute Gasteiger partial charge is 0.165 e. The fraction of sp³-hybridized carbons (Fsp3) is 0.538. The minimum absolute atomic E-state index is 0.0242. The number of hydrogen-bond donors (Lipinski definition) is 2. The van der Waals surface area contributed by atoms with E-state index in [1.165, 1.54) is 0 Å². The zero-order valence-corrected chi connectivity index (χ0v) is 10.5. The maximum atomic E-state index is 13.3. The fourth-order valence-electron chi connectivity index (χ4n) is 1.53. The van der Waals surface area contributed by atoms with Gasteiger partial charge in [-0.25, -0.2) is 8.78 Å². The summed E-state index contributed by atoms with van der Waals surface area (Å²) in [5.74, 6) is -1.22. The average Bonchev–Trinajstić information content (AvgIpc) is 2.36. The zero-order valence-electron chi connectivity index (χ0n) is 10.5. The molecule has 0 saturated carbocycles. The van der Waals surface area contributed by atoms with Gasteiger partial charge in [0.15, 0.2) is 11.6 Å². The second kappa shape index (κ2) is 8.00. The molecule has 0 radical (unpaired) electrons. The Kier molecular flexibility index (Phi) is 6.60. The molecule has 102 valence electrons. The first kappa shape index (κ1) is 14.9. The number of benzene rings is 1. The van der Waals surface area contributed by atoms with Crippen molar-refractivity contribution in [1.29, 1.82) is 0 Å². The molecule has 1 rings (SSSR count). The summed E-state index contributed by atoms with van der Waals surface area (Å²) >= 11 is 0. The molecule has 1 atom stereocenters. The van der Waals surface area contributed by atoms with E-state index >= 15 is 0 Å². The van der Waals surface area contributed by atoms with Gasteiger partial charge in [-0.15, -0.1) is 0 Å². The third kappa shape index (κ3) is 4.98. The van der Waals surface area contributed by atoms with Crippen molar-refractivity contribution >= 4 is 0 Å². The second-order valence-electron chi connectivity index (χ2n) is 4.05. The Morgan fingerprint density at radius 2 is 2.17 bits per heavy atom. The van der Waals surface area contributed by atoms with E-state index in [9.17, 15) is 8.78 Å². The van der Waals surface area contributed by atoms with Crippen LogP contribution in [0.1, 0.15) is 19.8 Å². The van der Waals surface area contributed by atoms with Gasteiger partial charge in [-0.05, 0) is 31.5 Å². The number of aliphatic hydroxyl groups excluding tert-OH is 1. The Labute approximate surface area is 106 Å². The van der Waals surface area contributed by atoms with Crippen molar-refractivity contribution in [3.05, 3.63) is 29.8 Å². The molecule has 0 aliphatic carbocycles. The van der Waals surface area contributed by atoms with Crippen LogP contribution in [0.15, 0.2) is 18.2 Å². The van der Waals surface area contributed by atoms with E-state index in [0.29, 0.717) is 6.42 Å². The Hall–Kier alpha value is -1.20. The lowest BCUT2D eigenvalue weighted by molar-refractivity contribution is 0.209. The molecule has 18 heavy (non-hydrogen) atoms. The number of ether oxygens (including phenoxy) is 1. The Morgan fingerprint density at radius 3 is 2.83 bits per heavy atom. The van der Waals surface area contributed by atoms with Gasteiger partial charge < -0.3 is 15.2 Å². The van der Waals surface area contributed by atoms with Gasteiger partial charge in [-0.2, -0.15) is 0 Å². The molecule has 5 heteroatoms. The maximum absolute atomic E-state index is 13.3. The molecule has 1 unspecified atom stereocenters. The molecular weight excluding hydrogens is 240 g/mol. The van der Waals surface area contributed by atoms with Gasteiger partial charge in [-0.3, -0.25) is 0 Å². The van der Waals surface area contributed by atoms with Crippen LogP contribution in [0.5, 0.6) is 5.75 Å². The van der Waals surface area contributed by atoms with Crippen LogP contribution in [-0.4, -0.2) is 30.9 Å². The highest BCUT2D eigenvalue weighted by atomic mass is 19.1. The highest BCUT2D eigenvalue weighted by Crippen LogP contribution is 2.18. The van der Waals surface area contributed by atoms with Crippen LogP contribution in [0.2, 0.25) is 0 Å². The van der Waals surface area contributed by atoms with Gasteiger partial charge in [0.05, 0.1) is 0 Å². The van der Waals surface area contributed by atoms with Crippen molar-refractivity contribution in [1.82, 2.24) is 5.32 Å². The van der Waals surface area contributed by atoms with Gasteiger partial charge in [-0.1, -0.05) is 6.92 Å². The fourth-order valence-corrected chi connectivity index (χ4v) is 1.53. The quantitative estimate of drug-likeness (QED) is 0.751. The molecule has 0 aromatic heterocycles. The summed E-state index contributed by atoms with van der Waals surface area (Å²) in [6.45, 7) is 3.03. The van der Waals surface area contributed by atoms with Crippen molar-refractivity contribution in [2.75, 3.05) is 19.8 Å². The average molecular weight is 259 g/mol. The number of halogens is 2. The van der Waals surface area contributed by atoms with Crippen molar-refractivity contribution < 1.29 is 18.6 Å². The van der Waals surface area contributed by atoms with Crippen LogP contribution in [0, 0.1) is 11.6 Å². The van der Waals surface area contributed by atoms with Crippen molar-refractivity contribution in [2.24, 2.45) is 0 Å². The first-order valence-electron chi connectivity index (χ1n) is 6.09. The zero-order chi connectivity index (χ0) is 13.4. The van der Waals surface area contributed by atoms with E-state index in [0.717, 1.165) is 31.2 Å². The Balaban J connectivity index is 2.52. The molecule has 1 aromatic rings. The summed E-state index contributed by atoms with van der Waals surface area (Å²) in [4.78, 5) is 0. The lowest BCUT2D eigenvalue weighted by Crippen LogP contribution is -2.36. The molecular formula is C13H19F2NO2. The SMILES string of the molecule is CCCNC(CCO)COc1cc(F)ccc1F. The van der Waals surface area contributed by atoms with Gasteiger partial charge in [0.1, 0.15) is 12.4 Å². The van der Waals surface area contributed by atoms with E-state index in [1.807, 2.05) is 6.92 Å². The van der Waals surface area contributed by atoms with E-state index in [1.54, 1.807) is 0 Å². The van der Waals surface area contributed by atoms with Gasteiger partial charge in [0, 0.05) is 18.7 Å². The molecule has 1 aromatic carbocycles. The lowest BCUT2D eigenvalue weighted by Gasteiger charge is -2.18. The minimum atomic E-state index is -0.588. The highest BCUT2D eigenvalue weighted by molar-refractivity contribution is 5.24. The molecule has 0 aliphatic rings. The van der Waals surface area contributed by atoms with Crippen LogP contribution < -0.4 is 10.1 Å². The van der Waals surface area contributed by atoms with Crippen LogP contribution in [0.4, 0.5) is 8.78 Å². The van der Waals surface area contributed by atoms with Crippen LogP contribution in [0.25, 0.3) is 0 Å². The molecule has 2 N–H and O–H groups in total.